The molecule has 0 bridgehead atoms. The Morgan fingerprint density at radius 3 is 2.22 bits per heavy atom. The minimum absolute atomic E-state index is 0.0254. The van der Waals surface area contributed by atoms with Crippen molar-refractivity contribution >= 4 is 28.6 Å². The third kappa shape index (κ3) is 4.05. The van der Waals surface area contributed by atoms with Crippen molar-refractivity contribution in [3.05, 3.63) is 58.1 Å². The first kappa shape index (κ1) is 19.5. The molecule has 0 aliphatic rings. The summed E-state index contributed by atoms with van der Waals surface area (Å²) in [5.41, 5.74) is 2.24. The molecule has 27 heavy (non-hydrogen) atoms. The van der Waals surface area contributed by atoms with Crippen LogP contribution in [0.1, 0.15) is 37.5 Å². The summed E-state index contributed by atoms with van der Waals surface area (Å²) in [4.78, 5) is 4.29. The first-order chi connectivity index (χ1) is 12.5. The van der Waals surface area contributed by atoms with Gasteiger partial charge in [-0.3, -0.25) is 0 Å². The second kappa shape index (κ2) is 6.75. The van der Waals surface area contributed by atoms with Crippen LogP contribution in [0.3, 0.4) is 0 Å². The average molecular weight is 396 g/mol. The van der Waals surface area contributed by atoms with E-state index in [4.69, 9.17) is 11.6 Å². The van der Waals surface area contributed by atoms with E-state index in [0.29, 0.717) is 18.0 Å². The highest BCUT2D eigenvalue weighted by atomic mass is 35.5. The van der Waals surface area contributed by atoms with Crippen LogP contribution in [0.4, 0.5) is 19.1 Å². The Labute approximate surface area is 161 Å². The molecule has 0 spiro atoms. The van der Waals surface area contributed by atoms with Crippen LogP contribution in [0, 0.1) is 0 Å². The van der Waals surface area contributed by atoms with Crippen molar-refractivity contribution in [2.24, 2.45) is 7.05 Å². The molecule has 3 aromatic rings. The number of imidazole rings is 1. The van der Waals surface area contributed by atoms with E-state index in [0.717, 1.165) is 17.7 Å². The fourth-order valence-electron chi connectivity index (χ4n) is 2.92. The summed E-state index contributed by atoms with van der Waals surface area (Å²) >= 11 is 6.08. The minimum Gasteiger partial charge on any atom is -0.352 e. The predicted molar refractivity (Wildman–Crippen MR) is 103 cm³/mol. The Hall–Kier alpha value is -2.21. The van der Waals surface area contributed by atoms with Crippen LogP contribution in [0.5, 0.6) is 0 Å². The zero-order chi connectivity index (χ0) is 20.0. The molecule has 0 aliphatic carbocycles. The van der Waals surface area contributed by atoms with Gasteiger partial charge in [0.1, 0.15) is 0 Å². The molecular formula is C20H21ClF3N3. The zero-order valence-corrected chi connectivity index (χ0v) is 16.3. The van der Waals surface area contributed by atoms with Crippen molar-refractivity contribution in [2.75, 3.05) is 5.32 Å². The molecule has 3 nitrogen and oxygen atoms in total. The zero-order valence-electron chi connectivity index (χ0n) is 15.6. The van der Waals surface area contributed by atoms with Gasteiger partial charge in [0.05, 0.1) is 21.6 Å². The summed E-state index contributed by atoms with van der Waals surface area (Å²) in [6, 6.07) is 10.2. The maximum absolute atomic E-state index is 13.0. The molecule has 0 radical (unpaired) electrons. The van der Waals surface area contributed by atoms with Crippen LogP contribution < -0.4 is 5.32 Å². The number of hydrogen-bond acceptors (Lipinski definition) is 2. The molecule has 0 amide bonds. The molecule has 0 atom stereocenters. The van der Waals surface area contributed by atoms with Crippen LogP contribution in [0.15, 0.2) is 36.4 Å². The molecular weight excluding hydrogens is 375 g/mol. The third-order valence-corrected chi connectivity index (χ3v) is 4.81. The molecule has 0 saturated heterocycles. The number of benzene rings is 2. The highest BCUT2D eigenvalue weighted by Gasteiger charge is 2.32. The van der Waals surface area contributed by atoms with Gasteiger partial charge in [0, 0.05) is 13.6 Å². The van der Waals surface area contributed by atoms with Crippen LogP contribution >= 0.6 is 11.6 Å². The van der Waals surface area contributed by atoms with E-state index in [9.17, 15) is 13.2 Å². The number of nitrogens with one attached hydrogen (secondary N) is 1. The Balaban J connectivity index is 1.85. The summed E-state index contributed by atoms with van der Waals surface area (Å²) in [5.74, 6) is 0.464. The van der Waals surface area contributed by atoms with Crippen molar-refractivity contribution in [1.82, 2.24) is 9.55 Å². The van der Waals surface area contributed by atoms with E-state index >= 15 is 0 Å². The largest absolute Gasteiger partial charge is 0.416 e. The Morgan fingerprint density at radius 2 is 1.67 bits per heavy atom. The van der Waals surface area contributed by atoms with E-state index in [1.54, 1.807) is 11.6 Å². The SMILES string of the molecule is Cn1c(NCc2ccc(C(C)(C)C)cc2)nc2cc(C(F)(F)F)cc(Cl)c21. The number of anilines is 1. The molecule has 7 heteroatoms. The number of halogens is 4. The van der Waals surface area contributed by atoms with Gasteiger partial charge in [0.25, 0.3) is 0 Å². The predicted octanol–water partition coefficient (Wildman–Crippen LogP) is 6.16. The topological polar surface area (TPSA) is 29.9 Å². The number of nitrogens with zero attached hydrogens (tertiary/aromatic N) is 2. The van der Waals surface area contributed by atoms with Gasteiger partial charge in [-0.1, -0.05) is 56.6 Å². The van der Waals surface area contributed by atoms with Gasteiger partial charge in [-0.05, 0) is 28.7 Å². The maximum Gasteiger partial charge on any atom is 0.416 e. The molecule has 0 fully saturated rings. The molecule has 2 aromatic carbocycles. The van der Waals surface area contributed by atoms with Crippen molar-refractivity contribution < 1.29 is 13.2 Å². The summed E-state index contributed by atoms with van der Waals surface area (Å²) in [6.07, 6.45) is -4.46. The molecule has 3 rings (SSSR count). The lowest BCUT2D eigenvalue weighted by Gasteiger charge is -2.19. The van der Waals surface area contributed by atoms with E-state index in [2.05, 4.69) is 43.2 Å². The number of hydrogen-bond donors (Lipinski definition) is 1. The van der Waals surface area contributed by atoms with Crippen LogP contribution in [-0.2, 0) is 25.2 Å². The second-order valence-corrected chi connectivity index (χ2v) is 8.03. The quantitative estimate of drug-likeness (QED) is 0.576. The standard InChI is InChI=1S/C20H21ClF3N3/c1-19(2,3)13-7-5-12(6-8-13)11-25-18-26-16-10-14(20(22,23)24)9-15(21)17(16)27(18)4/h5-10H,11H2,1-4H3,(H,25,26). The van der Waals surface area contributed by atoms with Gasteiger partial charge >= 0.3 is 6.18 Å². The smallest absolute Gasteiger partial charge is 0.352 e. The van der Waals surface area contributed by atoms with Gasteiger partial charge in [0.2, 0.25) is 5.95 Å². The molecule has 0 unspecified atom stereocenters. The lowest BCUT2D eigenvalue weighted by Crippen LogP contribution is -2.11. The molecule has 1 aromatic heterocycles. The summed E-state index contributed by atoms with van der Waals surface area (Å²) in [5, 5.41) is 3.20. The van der Waals surface area contributed by atoms with Gasteiger partial charge in [-0.15, -0.1) is 0 Å². The van der Waals surface area contributed by atoms with Crippen LogP contribution in [0.25, 0.3) is 11.0 Å². The molecule has 0 saturated carbocycles. The first-order valence-corrected chi connectivity index (χ1v) is 8.91. The van der Waals surface area contributed by atoms with Gasteiger partial charge < -0.3 is 9.88 Å². The fraction of sp³-hybridized carbons (Fsp3) is 0.350. The lowest BCUT2D eigenvalue weighted by atomic mass is 9.87. The number of aromatic nitrogens is 2. The fourth-order valence-corrected chi connectivity index (χ4v) is 3.26. The first-order valence-electron chi connectivity index (χ1n) is 8.53. The van der Waals surface area contributed by atoms with Gasteiger partial charge in [0.15, 0.2) is 0 Å². The summed E-state index contributed by atoms with van der Waals surface area (Å²) in [7, 11) is 1.72. The minimum atomic E-state index is -4.46. The summed E-state index contributed by atoms with van der Waals surface area (Å²) < 4.78 is 40.6. The van der Waals surface area contributed by atoms with Gasteiger partial charge in [-0.2, -0.15) is 13.2 Å². The molecule has 0 aliphatic heterocycles. The monoisotopic (exact) mass is 395 g/mol. The van der Waals surface area contributed by atoms with E-state index in [1.165, 1.54) is 5.56 Å². The lowest BCUT2D eigenvalue weighted by molar-refractivity contribution is -0.137. The van der Waals surface area contributed by atoms with Crippen molar-refractivity contribution in [1.29, 1.82) is 0 Å². The van der Waals surface area contributed by atoms with Crippen molar-refractivity contribution in [3.63, 3.8) is 0 Å². The van der Waals surface area contributed by atoms with E-state index in [-0.39, 0.29) is 16.0 Å². The Morgan fingerprint density at radius 1 is 1.04 bits per heavy atom. The number of alkyl halides is 3. The Kier molecular flexibility index (Phi) is 4.89. The second-order valence-electron chi connectivity index (χ2n) is 7.62. The Bertz CT molecular complexity index is 967. The summed E-state index contributed by atoms with van der Waals surface area (Å²) in [6.45, 7) is 6.96. The van der Waals surface area contributed by atoms with Gasteiger partial charge in [-0.25, -0.2) is 4.98 Å². The number of fused-ring (bicyclic) bond motifs is 1. The van der Waals surface area contributed by atoms with Crippen LogP contribution in [-0.4, -0.2) is 9.55 Å². The normalized spacial score (nSPS) is 12.6. The van der Waals surface area contributed by atoms with Crippen molar-refractivity contribution in [3.8, 4) is 0 Å². The number of rotatable bonds is 3. The third-order valence-electron chi connectivity index (χ3n) is 4.52. The molecule has 1 N–H and O–H groups in total. The van der Waals surface area contributed by atoms with E-state index < -0.39 is 11.7 Å². The molecule has 1 heterocycles. The molecule has 144 valence electrons. The van der Waals surface area contributed by atoms with E-state index in [1.807, 2.05) is 12.1 Å². The average Bonchev–Trinajstić information content (AvgIpc) is 2.88. The maximum atomic E-state index is 13.0. The highest BCUT2D eigenvalue weighted by Crippen LogP contribution is 2.35. The highest BCUT2D eigenvalue weighted by molar-refractivity contribution is 6.35. The number of aryl methyl sites for hydroxylation is 1. The van der Waals surface area contributed by atoms with Crippen LogP contribution in [0.2, 0.25) is 5.02 Å². The van der Waals surface area contributed by atoms with Crippen molar-refractivity contribution in [2.45, 2.75) is 38.9 Å².